The largest absolute Gasteiger partial charge is 0.370 e. The molecule has 1 heterocycles. The summed E-state index contributed by atoms with van der Waals surface area (Å²) < 4.78 is 0. The smallest absolute Gasteiger partial charge is 0.289 e. The summed E-state index contributed by atoms with van der Waals surface area (Å²) in [5.74, 6) is 0.0582. The van der Waals surface area contributed by atoms with Crippen LogP contribution in [0.15, 0.2) is 12.3 Å². The number of halogens is 1. The molecule has 1 aromatic heterocycles. The van der Waals surface area contributed by atoms with Gasteiger partial charge in [-0.15, -0.1) is 0 Å². The predicted molar refractivity (Wildman–Crippen MR) is 67.4 cm³/mol. The van der Waals surface area contributed by atoms with Crippen molar-refractivity contribution in [3.05, 3.63) is 27.4 Å². The number of hydrogen-bond acceptors (Lipinski definition) is 5. The van der Waals surface area contributed by atoms with Crippen molar-refractivity contribution < 1.29 is 9.72 Å². The molecule has 0 aliphatic carbocycles. The van der Waals surface area contributed by atoms with Gasteiger partial charge in [0, 0.05) is 19.0 Å². The van der Waals surface area contributed by atoms with Gasteiger partial charge in [0.25, 0.3) is 5.69 Å². The molecule has 0 atom stereocenters. The molecular formula is C10H13ClN4O3. The van der Waals surface area contributed by atoms with Crippen LogP contribution in [-0.2, 0) is 4.79 Å². The fourth-order valence-corrected chi connectivity index (χ4v) is 1.52. The summed E-state index contributed by atoms with van der Waals surface area (Å²) >= 11 is 5.83. The monoisotopic (exact) mass is 272 g/mol. The minimum Gasteiger partial charge on any atom is -0.370 e. The number of carbonyl (C=O) groups is 1. The molecule has 7 nitrogen and oxygen atoms in total. The number of anilines is 1. The third kappa shape index (κ3) is 4.54. The van der Waals surface area contributed by atoms with Gasteiger partial charge in [-0.3, -0.25) is 14.9 Å². The highest BCUT2D eigenvalue weighted by Crippen LogP contribution is 2.23. The molecule has 0 unspecified atom stereocenters. The Hall–Kier alpha value is -1.89. The summed E-state index contributed by atoms with van der Waals surface area (Å²) in [5, 5.41) is 13.6. The van der Waals surface area contributed by atoms with E-state index in [1.807, 2.05) is 0 Å². The Balaban J connectivity index is 2.43. The lowest BCUT2D eigenvalue weighted by Gasteiger charge is -2.06. The number of pyridine rings is 1. The molecule has 3 N–H and O–H groups in total. The number of nitrogens with two attached hydrogens (primary N) is 1. The summed E-state index contributed by atoms with van der Waals surface area (Å²) in [6.45, 7) is 0.567. The number of nitrogens with one attached hydrogen (secondary N) is 1. The fourth-order valence-electron chi connectivity index (χ4n) is 1.29. The Labute approximate surface area is 108 Å². The van der Waals surface area contributed by atoms with Gasteiger partial charge in [0.1, 0.15) is 12.0 Å². The lowest BCUT2D eigenvalue weighted by atomic mass is 10.2. The second kappa shape index (κ2) is 6.75. The van der Waals surface area contributed by atoms with Crippen LogP contribution in [0, 0.1) is 10.1 Å². The standard InChI is InChI=1S/C10H13ClN4O3/c11-8-5-7(15(17)18)6-14-10(8)13-4-2-1-3-9(12)16/h5-6H,1-4H2,(H2,12,16)(H,13,14). The Kier molecular flexibility index (Phi) is 5.31. The van der Waals surface area contributed by atoms with Crippen molar-refractivity contribution in [2.45, 2.75) is 19.3 Å². The molecule has 0 fully saturated rings. The van der Waals surface area contributed by atoms with Gasteiger partial charge in [0.2, 0.25) is 5.91 Å². The first kappa shape index (κ1) is 14.2. The van der Waals surface area contributed by atoms with Gasteiger partial charge in [-0.25, -0.2) is 4.98 Å². The highest BCUT2D eigenvalue weighted by molar-refractivity contribution is 6.33. The average molecular weight is 273 g/mol. The van der Waals surface area contributed by atoms with E-state index in [9.17, 15) is 14.9 Å². The zero-order valence-corrected chi connectivity index (χ0v) is 10.3. The summed E-state index contributed by atoms with van der Waals surface area (Å²) in [6, 6.07) is 1.24. The third-order valence-electron chi connectivity index (χ3n) is 2.18. The van der Waals surface area contributed by atoms with Gasteiger partial charge in [0.15, 0.2) is 0 Å². The van der Waals surface area contributed by atoms with Gasteiger partial charge in [-0.05, 0) is 12.8 Å². The van der Waals surface area contributed by atoms with Crippen LogP contribution in [0.4, 0.5) is 11.5 Å². The van der Waals surface area contributed by atoms with Crippen molar-refractivity contribution in [3.63, 3.8) is 0 Å². The van der Waals surface area contributed by atoms with E-state index in [2.05, 4.69) is 10.3 Å². The Morgan fingerprint density at radius 1 is 1.56 bits per heavy atom. The van der Waals surface area contributed by atoms with Crippen LogP contribution in [0.25, 0.3) is 0 Å². The van der Waals surface area contributed by atoms with Gasteiger partial charge < -0.3 is 11.1 Å². The van der Waals surface area contributed by atoms with Crippen molar-refractivity contribution in [2.24, 2.45) is 5.73 Å². The lowest BCUT2D eigenvalue weighted by Crippen LogP contribution is -2.11. The number of primary amides is 1. The molecule has 0 radical (unpaired) electrons. The second-order valence-corrected chi connectivity index (χ2v) is 4.04. The molecule has 8 heteroatoms. The molecule has 0 spiro atoms. The molecule has 98 valence electrons. The van der Waals surface area contributed by atoms with E-state index in [-0.39, 0.29) is 16.6 Å². The number of unbranched alkanes of at least 4 members (excludes halogenated alkanes) is 1. The molecule has 0 saturated heterocycles. The van der Waals surface area contributed by atoms with Crippen molar-refractivity contribution in [1.29, 1.82) is 0 Å². The van der Waals surface area contributed by atoms with E-state index in [0.717, 1.165) is 12.6 Å². The van der Waals surface area contributed by atoms with E-state index in [1.54, 1.807) is 0 Å². The second-order valence-electron chi connectivity index (χ2n) is 3.63. The zero-order chi connectivity index (χ0) is 13.5. The number of nitro groups is 1. The lowest BCUT2D eigenvalue weighted by molar-refractivity contribution is -0.385. The van der Waals surface area contributed by atoms with E-state index in [0.29, 0.717) is 25.2 Å². The molecule has 0 bridgehead atoms. The molecule has 0 aliphatic heterocycles. The van der Waals surface area contributed by atoms with Crippen molar-refractivity contribution >= 4 is 29.0 Å². The average Bonchev–Trinajstić information content (AvgIpc) is 2.29. The molecule has 18 heavy (non-hydrogen) atoms. The van der Waals surface area contributed by atoms with Crippen LogP contribution in [0.2, 0.25) is 5.02 Å². The first-order valence-corrected chi connectivity index (χ1v) is 5.70. The molecule has 0 saturated carbocycles. The minimum atomic E-state index is -0.560. The number of aromatic nitrogens is 1. The van der Waals surface area contributed by atoms with Crippen LogP contribution >= 0.6 is 11.6 Å². The summed E-state index contributed by atoms with van der Waals surface area (Å²) in [6.07, 6.45) is 2.88. The first-order chi connectivity index (χ1) is 8.50. The SMILES string of the molecule is NC(=O)CCCCNc1ncc([N+](=O)[O-])cc1Cl. The highest BCUT2D eigenvalue weighted by Gasteiger charge is 2.10. The number of hydrogen-bond donors (Lipinski definition) is 2. The highest BCUT2D eigenvalue weighted by atomic mass is 35.5. The molecule has 1 aromatic rings. The Morgan fingerprint density at radius 2 is 2.28 bits per heavy atom. The van der Waals surface area contributed by atoms with Crippen molar-refractivity contribution in [1.82, 2.24) is 4.98 Å². The molecular weight excluding hydrogens is 260 g/mol. The van der Waals surface area contributed by atoms with Crippen LogP contribution < -0.4 is 11.1 Å². The maximum atomic E-state index is 10.5. The topological polar surface area (TPSA) is 111 Å². The molecule has 1 rings (SSSR count). The first-order valence-electron chi connectivity index (χ1n) is 5.33. The Morgan fingerprint density at radius 3 is 2.83 bits per heavy atom. The number of amides is 1. The quantitative estimate of drug-likeness (QED) is 0.446. The maximum Gasteiger partial charge on any atom is 0.289 e. The number of carbonyl (C=O) groups excluding carboxylic acids is 1. The minimum absolute atomic E-state index is 0.153. The zero-order valence-electron chi connectivity index (χ0n) is 9.56. The normalized spacial score (nSPS) is 10.1. The molecule has 0 aliphatic rings. The van der Waals surface area contributed by atoms with Gasteiger partial charge >= 0.3 is 0 Å². The van der Waals surface area contributed by atoms with Crippen molar-refractivity contribution in [3.8, 4) is 0 Å². The molecule has 0 aromatic carbocycles. The van der Waals surface area contributed by atoms with Gasteiger partial charge in [0.05, 0.1) is 9.95 Å². The van der Waals surface area contributed by atoms with E-state index >= 15 is 0 Å². The fraction of sp³-hybridized carbons (Fsp3) is 0.400. The third-order valence-corrected chi connectivity index (χ3v) is 2.47. The van der Waals surface area contributed by atoms with Crippen LogP contribution in [0.1, 0.15) is 19.3 Å². The van der Waals surface area contributed by atoms with Crippen molar-refractivity contribution in [2.75, 3.05) is 11.9 Å². The van der Waals surface area contributed by atoms with Gasteiger partial charge in [-0.2, -0.15) is 0 Å². The van der Waals surface area contributed by atoms with Crippen LogP contribution in [-0.4, -0.2) is 22.4 Å². The maximum absolute atomic E-state index is 10.5. The van der Waals surface area contributed by atoms with Crippen LogP contribution in [0.3, 0.4) is 0 Å². The van der Waals surface area contributed by atoms with E-state index < -0.39 is 4.92 Å². The van der Waals surface area contributed by atoms with E-state index in [1.165, 1.54) is 6.07 Å². The summed E-state index contributed by atoms with van der Waals surface area (Å²) in [4.78, 5) is 24.3. The predicted octanol–water partition coefficient (Wildman–Crippen LogP) is 1.71. The number of rotatable bonds is 7. The van der Waals surface area contributed by atoms with E-state index in [4.69, 9.17) is 17.3 Å². The number of nitrogens with zero attached hydrogens (tertiary/aromatic N) is 2. The van der Waals surface area contributed by atoms with Crippen LogP contribution in [0.5, 0.6) is 0 Å². The van der Waals surface area contributed by atoms with Gasteiger partial charge in [-0.1, -0.05) is 11.6 Å². The summed E-state index contributed by atoms with van der Waals surface area (Å²) in [5.41, 5.74) is 4.84. The molecule has 1 amide bonds. The Bertz CT molecular complexity index is 453. The summed E-state index contributed by atoms with van der Waals surface area (Å²) in [7, 11) is 0.